The monoisotopic (exact) mass is 275 g/mol. The van der Waals surface area contributed by atoms with Gasteiger partial charge >= 0.3 is 0 Å². The van der Waals surface area contributed by atoms with Crippen molar-refractivity contribution in [3.05, 3.63) is 65.9 Å². The molecular formula is C18H17N3. The molecule has 0 aliphatic carbocycles. The molecule has 0 atom stereocenters. The lowest BCUT2D eigenvalue weighted by atomic mass is 10.1. The summed E-state index contributed by atoms with van der Waals surface area (Å²) < 4.78 is 0. The van der Waals surface area contributed by atoms with E-state index in [0.717, 1.165) is 30.7 Å². The number of hydrogen-bond donors (Lipinski definition) is 1. The van der Waals surface area contributed by atoms with Gasteiger partial charge in [0.25, 0.3) is 0 Å². The van der Waals surface area contributed by atoms with Crippen LogP contribution in [0.15, 0.2) is 54.7 Å². The van der Waals surface area contributed by atoms with E-state index in [1.54, 1.807) is 0 Å². The first-order chi connectivity index (χ1) is 10.3. The Balaban J connectivity index is 1.73. The summed E-state index contributed by atoms with van der Waals surface area (Å²) in [4.78, 5) is 6.94. The Morgan fingerprint density at radius 1 is 1.10 bits per heavy atom. The van der Waals surface area contributed by atoms with Gasteiger partial charge in [-0.2, -0.15) is 0 Å². The van der Waals surface area contributed by atoms with Crippen molar-refractivity contribution in [3.63, 3.8) is 0 Å². The summed E-state index contributed by atoms with van der Waals surface area (Å²) in [7, 11) is 0. The van der Waals surface area contributed by atoms with E-state index in [1.807, 2.05) is 18.3 Å². The Hall–Kier alpha value is -2.55. The number of nitrogens with two attached hydrogens (primary N) is 1. The van der Waals surface area contributed by atoms with E-state index in [1.165, 1.54) is 22.2 Å². The molecule has 2 N–H and O–H groups in total. The van der Waals surface area contributed by atoms with Gasteiger partial charge < -0.3 is 10.6 Å². The number of para-hydroxylation sites is 1. The van der Waals surface area contributed by atoms with Crippen molar-refractivity contribution >= 4 is 22.3 Å². The third kappa shape index (κ3) is 2.11. The van der Waals surface area contributed by atoms with Crippen molar-refractivity contribution in [1.82, 2.24) is 4.98 Å². The fourth-order valence-electron chi connectivity index (χ4n) is 3.13. The molecule has 0 saturated heterocycles. The number of pyridine rings is 1. The summed E-state index contributed by atoms with van der Waals surface area (Å²) in [5.74, 6) is 0. The van der Waals surface area contributed by atoms with Gasteiger partial charge in [-0.3, -0.25) is 4.98 Å². The molecule has 0 unspecified atom stereocenters. The Labute approximate surface area is 124 Å². The lowest BCUT2D eigenvalue weighted by molar-refractivity contribution is 0.839. The second-order valence-electron chi connectivity index (χ2n) is 5.55. The number of rotatable bonds is 2. The molecule has 0 amide bonds. The van der Waals surface area contributed by atoms with Crippen LogP contribution < -0.4 is 10.6 Å². The van der Waals surface area contributed by atoms with Gasteiger partial charge in [0.15, 0.2) is 0 Å². The van der Waals surface area contributed by atoms with Crippen molar-refractivity contribution in [2.45, 2.75) is 13.0 Å². The number of benzene rings is 2. The molecule has 0 fully saturated rings. The van der Waals surface area contributed by atoms with E-state index in [-0.39, 0.29) is 0 Å². The summed E-state index contributed by atoms with van der Waals surface area (Å²) in [5, 5.41) is 1.20. The van der Waals surface area contributed by atoms with Crippen LogP contribution in [0.3, 0.4) is 0 Å². The molecule has 4 rings (SSSR count). The minimum Gasteiger partial charge on any atom is -0.399 e. The first-order valence-electron chi connectivity index (χ1n) is 7.27. The highest BCUT2D eigenvalue weighted by molar-refractivity contribution is 5.82. The van der Waals surface area contributed by atoms with Crippen LogP contribution >= 0.6 is 0 Å². The van der Waals surface area contributed by atoms with Gasteiger partial charge in [-0.05, 0) is 35.7 Å². The fraction of sp³-hybridized carbons (Fsp3) is 0.167. The zero-order valence-corrected chi connectivity index (χ0v) is 11.8. The van der Waals surface area contributed by atoms with E-state index in [4.69, 9.17) is 5.73 Å². The molecule has 3 nitrogen and oxygen atoms in total. The minimum absolute atomic E-state index is 0.830. The van der Waals surface area contributed by atoms with E-state index < -0.39 is 0 Å². The quantitative estimate of drug-likeness (QED) is 0.729. The predicted octanol–water partition coefficient (Wildman–Crippen LogP) is 3.38. The zero-order valence-electron chi connectivity index (χ0n) is 11.8. The summed E-state index contributed by atoms with van der Waals surface area (Å²) in [5.41, 5.74) is 11.8. The molecule has 1 aliphatic rings. The first-order valence-corrected chi connectivity index (χ1v) is 7.27. The molecule has 1 aliphatic heterocycles. The molecule has 2 aromatic carbocycles. The number of aromatic nitrogens is 1. The summed E-state index contributed by atoms with van der Waals surface area (Å²) in [6, 6.07) is 16.7. The van der Waals surface area contributed by atoms with Gasteiger partial charge in [0.2, 0.25) is 0 Å². The lowest BCUT2D eigenvalue weighted by Gasteiger charge is -2.20. The number of anilines is 2. The molecule has 3 aromatic rings. The second-order valence-corrected chi connectivity index (χ2v) is 5.55. The van der Waals surface area contributed by atoms with Crippen LogP contribution in [0, 0.1) is 0 Å². The Morgan fingerprint density at radius 2 is 2.00 bits per heavy atom. The van der Waals surface area contributed by atoms with E-state index in [0.29, 0.717) is 0 Å². The summed E-state index contributed by atoms with van der Waals surface area (Å²) >= 11 is 0. The van der Waals surface area contributed by atoms with Crippen LogP contribution in [0.1, 0.15) is 11.1 Å². The first kappa shape index (κ1) is 12.2. The topological polar surface area (TPSA) is 42.1 Å². The van der Waals surface area contributed by atoms with Crippen molar-refractivity contribution in [2.24, 2.45) is 0 Å². The number of fused-ring (bicyclic) bond motifs is 2. The average molecular weight is 275 g/mol. The zero-order chi connectivity index (χ0) is 14.2. The maximum atomic E-state index is 5.94. The van der Waals surface area contributed by atoms with Gasteiger partial charge in [0.1, 0.15) is 0 Å². The second kappa shape index (κ2) is 4.77. The predicted molar refractivity (Wildman–Crippen MR) is 87.4 cm³/mol. The van der Waals surface area contributed by atoms with Crippen molar-refractivity contribution < 1.29 is 0 Å². The van der Waals surface area contributed by atoms with E-state index in [2.05, 4.69) is 46.3 Å². The minimum atomic E-state index is 0.830. The maximum Gasteiger partial charge on any atom is 0.0751 e. The number of hydrogen-bond acceptors (Lipinski definition) is 3. The molecule has 0 radical (unpaired) electrons. The van der Waals surface area contributed by atoms with Crippen LogP contribution in [0.5, 0.6) is 0 Å². The summed E-state index contributed by atoms with van der Waals surface area (Å²) in [6.07, 6.45) is 2.95. The molecule has 0 saturated carbocycles. The van der Waals surface area contributed by atoms with Gasteiger partial charge in [-0.25, -0.2) is 0 Å². The number of nitrogen functional groups attached to an aromatic ring is 1. The maximum absolute atomic E-state index is 5.94. The van der Waals surface area contributed by atoms with Crippen LogP contribution in [0.2, 0.25) is 0 Å². The van der Waals surface area contributed by atoms with Gasteiger partial charge in [-0.15, -0.1) is 0 Å². The van der Waals surface area contributed by atoms with Gasteiger partial charge in [-0.1, -0.05) is 30.3 Å². The molecule has 0 spiro atoms. The summed E-state index contributed by atoms with van der Waals surface area (Å²) in [6.45, 7) is 1.92. The SMILES string of the molecule is Nc1ccc2c(c1)N(Cc1cccc3cccnc13)CC2. The highest BCUT2D eigenvalue weighted by Gasteiger charge is 2.19. The Kier molecular flexibility index (Phi) is 2.78. The van der Waals surface area contributed by atoms with Crippen LogP contribution in [0.25, 0.3) is 10.9 Å². The normalized spacial score (nSPS) is 13.6. The highest BCUT2D eigenvalue weighted by Crippen LogP contribution is 2.31. The third-order valence-electron chi connectivity index (χ3n) is 4.18. The molecule has 3 heteroatoms. The molecule has 2 heterocycles. The van der Waals surface area contributed by atoms with Crippen molar-refractivity contribution in [2.75, 3.05) is 17.2 Å². The average Bonchev–Trinajstić information content (AvgIpc) is 2.90. The van der Waals surface area contributed by atoms with Crippen LogP contribution in [-0.2, 0) is 13.0 Å². The molecule has 104 valence electrons. The Morgan fingerprint density at radius 3 is 2.95 bits per heavy atom. The van der Waals surface area contributed by atoms with Gasteiger partial charge in [0, 0.05) is 36.0 Å². The molecule has 21 heavy (non-hydrogen) atoms. The van der Waals surface area contributed by atoms with Crippen LogP contribution in [0.4, 0.5) is 11.4 Å². The smallest absolute Gasteiger partial charge is 0.0751 e. The highest BCUT2D eigenvalue weighted by atomic mass is 15.1. The molecule has 1 aromatic heterocycles. The van der Waals surface area contributed by atoms with Crippen molar-refractivity contribution in [1.29, 1.82) is 0 Å². The standard InChI is InChI=1S/C18H17N3/c19-16-7-6-13-8-10-21(17(13)11-16)12-15-4-1-3-14-5-2-9-20-18(14)15/h1-7,9,11H,8,10,12,19H2. The molecule has 0 bridgehead atoms. The Bertz CT molecular complexity index is 805. The van der Waals surface area contributed by atoms with Gasteiger partial charge in [0.05, 0.1) is 5.52 Å². The van der Waals surface area contributed by atoms with E-state index >= 15 is 0 Å². The fourth-order valence-corrected chi connectivity index (χ4v) is 3.13. The van der Waals surface area contributed by atoms with E-state index in [9.17, 15) is 0 Å². The van der Waals surface area contributed by atoms with Crippen molar-refractivity contribution in [3.8, 4) is 0 Å². The third-order valence-corrected chi connectivity index (χ3v) is 4.18. The largest absolute Gasteiger partial charge is 0.399 e. The molecular weight excluding hydrogens is 258 g/mol. The lowest BCUT2D eigenvalue weighted by Crippen LogP contribution is -2.20. The number of nitrogens with zero attached hydrogens (tertiary/aromatic N) is 2. The van der Waals surface area contributed by atoms with Crippen LogP contribution in [-0.4, -0.2) is 11.5 Å².